The van der Waals surface area contributed by atoms with Gasteiger partial charge in [0.1, 0.15) is 11.0 Å². The first kappa shape index (κ1) is 15.2. The summed E-state index contributed by atoms with van der Waals surface area (Å²) >= 11 is 22.8. The van der Waals surface area contributed by atoms with Crippen molar-refractivity contribution < 1.29 is 0 Å². The van der Waals surface area contributed by atoms with E-state index in [-0.39, 0.29) is 0 Å². The minimum atomic E-state index is 0.362. The zero-order valence-electron chi connectivity index (χ0n) is 9.55. The molecule has 100 valence electrons. The fourth-order valence-corrected chi connectivity index (χ4v) is 2.75. The average molecular weight is 400 g/mol. The van der Waals surface area contributed by atoms with Gasteiger partial charge in [-0.1, -0.05) is 46.6 Å². The summed E-state index contributed by atoms with van der Waals surface area (Å²) in [5, 5.41) is 4.86. The highest BCUT2D eigenvalue weighted by atomic mass is 79.9. The van der Waals surface area contributed by atoms with Crippen LogP contribution in [0.5, 0.6) is 0 Å². The number of halogens is 4. The molecule has 0 spiro atoms. The summed E-state index contributed by atoms with van der Waals surface area (Å²) in [6.07, 6.45) is 1.87. The zero-order chi connectivity index (χ0) is 14.0. The second kappa shape index (κ2) is 6.50. The van der Waals surface area contributed by atoms with E-state index in [1.54, 1.807) is 18.2 Å². The number of nitrogens with one attached hydrogen (secondary N) is 1. The molecule has 0 saturated carbocycles. The van der Waals surface area contributed by atoms with Crippen LogP contribution in [0.4, 0.5) is 11.5 Å². The predicted molar refractivity (Wildman–Crippen MR) is 86.3 cm³/mol. The van der Waals surface area contributed by atoms with Crippen LogP contribution in [0, 0.1) is 0 Å². The van der Waals surface area contributed by atoms with E-state index in [1.165, 1.54) is 11.8 Å². The highest BCUT2D eigenvalue weighted by molar-refractivity contribution is 9.10. The van der Waals surface area contributed by atoms with Crippen molar-refractivity contribution in [2.24, 2.45) is 0 Å². The minimum absolute atomic E-state index is 0.362. The van der Waals surface area contributed by atoms with Gasteiger partial charge in [0, 0.05) is 10.5 Å². The van der Waals surface area contributed by atoms with Crippen LogP contribution < -0.4 is 5.32 Å². The Labute approximate surface area is 138 Å². The molecule has 0 amide bonds. The van der Waals surface area contributed by atoms with Gasteiger partial charge in [0.15, 0.2) is 5.16 Å². The van der Waals surface area contributed by atoms with Crippen LogP contribution in [-0.2, 0) is 0 Å². The van der Waals surface area contributed by atoms with Crippen molar-refractivity contribution >= 4 is 74.0 Å². The van der Waals surface area contributed by atoms with E-state index in [9.17, 15) is 0 Å². The van der Waals surface area contributed by atoms with Gasteiger partial charge < -0.3 is 5.32 Å². The van der Waals surface area contributed by atoms with E-state index in [4.69, 9.17) is 34.8 Å². The molecule has 19 heavy (non-hydrogen) atoms. The van der Waals surface area contributed by atoms with E-state index in [2.05, 4.69) is 31.2 Å². The maximum atomic E-state index is 6.16. The Bertz CT molecular complexity index is 624. The predicted octanol–water partition coefficient (Wildman–Crippen LogP) is 5.66. The second-order valence-corrected chi connectivity index (χ2v) is 6.18. The average Bonchev–Trinajstić information content (AvgIpc) is 2.39. The van der Waals surface area contributed by atoms with Gasteiger partial charge in [0.2, 0.25) is 0 Å². The van der Waals surface area contributed by atoms with Crippen molar-refractivity contribution in [3.8, 4) is 0 Å². The maximum absolute atomic E-state index is 6.16. The monoisotopic (exact) mass is 397 g/mol. The molecule has 3 nitrogen and oxygen atoms in total. The molecule has 1 aromatic heterocycles. The van der Waals surface area contributed by atoms with Crippen LogP contribution in [-0.4, -0.2) is 16.2 Å². The lowest BCUT2D eigenvalue weighted by Gasteiger charge is -2.10. The second-order valence-electron chi connectivity index (χ2n) is 3.41. The van der Waals surface area contributed by atoms with Crippen LogP contribution in [0.1, 0.15) is 0 Å². The Morgan fingerprint density at radius 1 is 1.16 bits per heavy atom. The fraction of sp³-hybridized carbons (Fsp3) is 0.0909. The van der Waals surface area contributed by atoms with E-state index in [0.29, 0.717) is 31.9 Å². The Balaban J connectivity index is 2.36. The van der Waals surface area contributed by atoms with Gasteiger partial charge in [0.25, 0.3) is 0 Å². The Kier molecular flexibility index (Phi) is 5.20. The normalized spacial score (nSPS) is 10.6. The van der Waals surface area contributed by atoms with Gasteiger partial charge in [-0.3, -0.25) is 0 Å². The van der Waals surface area contributed by atoms with E-state index < -0.39 is 0 Å². The summed E-state index contributed by atoms with van der Waals surface area (Å²) in [6, 6.07) is 5.22. The third kappa shape index (κ3) is 3.67. The summed E-state index contributed by atoms with van der Waals surface area (Å²) in [5.74, 6) is 0.560. The van der Waals surface area contributed by atoms with Crippen molar-refractivity contribution in [2.45, 2.75) is 5.16 Å². The summed E-state index contributed by atoms with van der Waals surface area (Å²) in [6.45, 7) is 0. The third-order valence-electron chi connectivity index (χ3n) is 2.15. The molecule has 0 radical (unpaired) electrons. The number of hydrogen-bond acceptors (Lipinski definition) is 4. The topological polar surface area (TPSA) is 37.8 Å². The molecule has 0 aliphatic carbocycles. The van der Waals surface area contributed by atoms with Gasteiger partial charge in [0.05, 0.1) is 15.7 Å². The van der Waals surface area contributed by atoms with Crippen molar-refractivity contribution in [3.63, 3.8) is 0 Å². The molecule has 0 aliphatic rings. The molecule has 2 aromatic rings. The standard InChI is InChI=1S/C11H7BrCl3N3S/c1-19-11-17-7(13)4-8(18-11)16-6-3-2-5(12)9(14)10(6)15/h2-4H,1H3,(H,16,17,18). The quantitative estimate of drug-likeness (QED) is 0.313. The number of aromatic nitrogens is 2. The maximum Gasteiger partial charge on any atom is 0.190 e. The summed E-state index contributed by atoms with van der Waals surface area (Å²) in [4.78, 5) is 8.34. The molecule has 1 N–H and O–H groups in total. The number of hydrogen-bond donors (Lipinski definition) is 1. The summed E-state index contributed by atoms with van der Waals surface area (Å²) < 4.78 is 0.732. The molecular formula is C11H7BrCl3N3S. The Hall–Kier alpha value is -0.200. The molecule has 8 heteroatoms. The largest absolute Gasteiger partial charge is 0.339 e. The highest BCUT2D eigenvalue weighted by Gasteiger charge is 2.10. The zero-order valence-corrected chi connectivity index (χ0v) is 14.2. The van der Waals surface area contributed by atoms with Gasteiger partial charge >= 0.3 is 0 Å². The molecule has 0 bridgehead atoms. The van der Waals surface area contributed by atoms with Gasteiger partial charge in [-0.05, 0) is 34.3 Å². The first-order valence-electron chi connectivity index (χ1n) is 5.00. The van der Waals surface area contributed by atoms with E-state index >= 15 is 0 Å². The molecule has 1 aromatic carbocycles. The Morgan fingerprint density at radius 2 is 1.89 bits per heavy atom. The first-order chi connectivity index (χ1) is 9.01. The van der Waals surface area contributed by atoms with E-state index in [1.807, 2.05) is 6.26 Å². The van der Waals surface area contributed by atoms with Gasteiger partial charge in [-0.25, -0.2) is 9.97 Å². The molecule has 0 unspecified atom stereocenters. The molecule has 0 atom stereocenters. The van der Waals surface area contributed by atoms with Crippen molar-refractivity contribution in [3.05, 3.63) is 37.9 Å². The first-order valence-corrected chi connectivity index (χ1v) is 8.15. The van der Waals surface area contributed by atoms with Crippen molar-refractivity contribution in [1.82, 2.24) is 9.97 Å². The smallest absolute Gasteiger partial charge is 0.190 e. The van der Waals surface area contributed by atoms with Gasteiger partial charge in [-0.2, -0.15) is 0 Å². The Morgan fingerprint density at radius 3 is 2.58 bits per heavy atom. The number of benzene rings is 1. The van der Waals surface area contributed by atoms with Crippen LogP contribution >= 0.6 is 62.5 Å². The van der Waals surface area contributed by atoms with E-state index in [0.717, 1.165) is 4.47 Å². The fourth-order valence-electron chi connectivity index (χ4n) is 1.31. The molecule has 1 heterocycles. The van der Waals surface area contributed by atoms with Crippen LogP contribution in [0.15, 0.2) is 27.8 Å². The van der Waals surface area contributed by atoms with Crippen molar-refractivity contribution in [1.29, 1.82) is 0 Å². The molecule has 0 fully saturated rings. The van der Waals surface area contributed by atoms with Gasteiger partial charge in [-0.15, -0.1) is 0 Å². The number of rotatable bonds is 3. The lowest BCUT2D eigenvalue weighted by Crippen LogP contribution is -1.97. The van der Waals surface area contributed by atoms with Crippen LogP contribution in [0.25, 0.3) is 0 Å². The van der Waals surface area contributed by atoms with Crippen LogP contribution in [0.3, 0.4) is 0 Å². The molecule has 0 saturated heterocycles. The minimum Gasteiger partial charge on any atom is -0.339 e. The SMILES string of the molecule is CSc1nc(Cl)cc(Nc2ccc(Br)c(Cl)c2Cl)n1. The van der Waals surface area contributed by atoms with Crippen LogP contribution in [0.2, 0.25) is 15.2 Å². The number of thioether (sulfide) groups is 1. The molecule has 0 aliphatic heterocycles. The summed E-state index contributed by atoms with van der Waals surface area (Å²) in [7, 11) is 0. The lowest BCUT2D eigenvalue weighted by molar-refractivity contribution is 0.976. The van der Waals surface area contributed by atoms with Crippen molar-refractivity contribution in [2.75, 3.05) is 11.6 Å². The molecular weight excluding hydrogens is 392 g/mol. The highest BCUT2D eigenvalue weighted by Crippen LogP contribution is 2.37. The number of anilines is 2. The molecule has 2 rings (SSSR count). The lowest BCUT2D eigenvalue weighted by atomic mass is 10.3. The third-order valence-corrected chi connectivity index (χ3v) is 4.67. The number of nitrogens with zero attached hydrogens (tertiary/aromatic N) is 2. The summed E-state index contributed by atoms with van der Waals surface area (Å²) in [5.41, 5.74) is 0.650.